The maximum absolute atomic E-state index is 13.5. The van der Waals surface area contributed by atoms with Crippen molar-refractivity contribution in [2.75, 3.05) is 6.54 Å². The van der Waals surface area contributed by atoms with Crippen LogP contribution >= 0.6 is 10.7 Å². The Morgan fingerprint density at radius 2 is 2.00 bits per heavy atom. The van der Waals surface area contributed by atoms with Gasteiger partial charge in [-0.05, 0) is 37.5 Å². The van der Waals surface area contributed by atoms with Gasteiger partial charge in [0.25, 0.3) is 15.0 Å². The Morgan fingerprint density at radius 3 is 2.50 bits per heavy atom. The Bertz CT molecular complexity index is 647. The number of hydrogen-bond donors (Lipinski definition) is 0. The highest BCUT2D eigenvalue weighted by Gasteiger charge is 2.31. The van der Waals surface area contributed by atoms with Crippen LogP contribution in [0.25, 0.3) is 0 Å². The van der Waals surface area contributed by atoms with E-state index in [1.165, 1.54) is 0 Å². The number of carbonyl (C=O) groups excluding carboxylic acids is 1. The maximum atomic E-state index is 13.5. The van der Waals surface area contributed by atoms with E-state index < -0.39 is 19.8 Å². The highest BCUT2D eigenvalue weighted by Crippen LogP contribution is 2.26. The van der Waals surface area contributed by atoms with Crippen LogP contribution in [0.1, 0.15) is 30.6 Å². The van der Waals surface area contributed by atoms with Gasteiger partial charge in [-0.3, -0.25) is 4.79 Å². The topological polar surface area (TPSA) is 54.5 Å². The fourth-order valence-electron chi connectivity index (χ4n) is 2.58. The van der Waals surface area contributed by atoms with Gasteiger partial charge in [-0.1, -0.05) is 6.92 Å². The lowest BCUT2D eigenvalue weighted by Crippen LogP contribution is -2.34. The van der Waals surface area contributed by atoms with Crippen molar-refractivity contribution in [2.45, 2.75) is 31.2 Å². The van der Waals surface area contributed by atoms with Crippen molar-refractivity contribution in [1.82, 2.24) is 4.90 Å². The molecule has 1 aromatic carbocycles. The summed E-state index contributed by atoms with van der Waals surface area (Å²) in [6.07, 6.45) is 0.877. The first kappa shape index (κ1) is 15.3. The van der Waals surface area contributed by atoms with Gasteiger partial charge in [0, 0.05) is 28.8 Å². The molecule has 0 bridgehead atoms. The molecule has 1 heterocycles. The smallest absolute Gasteiger partial charge is 0.261 e. The van der Waals surface area contributed by atoms with Gasteiger partial charge in [0.15, 0.2) is 0 Å². The highest BCUT2D eigenvalue weighted by molar-refractivity contribution is 8.13. The lowest BCUT2D eigenvalue weighted by Gasteiger charge is -2.21. The van der Waals surface area contributed by atoms with Crippen molar-refractivity contribution < 1.29 is 17.6 Å². The summed E-state index contributed by atoms with van der Waals surface area (Å²) in [5.41, 5.74) is 0.00479. The second-order valence-corrected chi connectivity index (χ2v) is 7.83. The molecule has 1 saturated heterocycles. The van der Waals surface area contributed by atoms with E-state index in [0.717, 1.165) is 24.6 Å². The minimum atomic E-state index is -4.07. The Hall–Kier alpha value is -1.14. The summed E-state index contributed by atoms with van der Waals surface area (Å²) in [5, 5.41) is 0. The first-order chi connectivity index (χ1) is 9.18. The zero-order chi connectivity index (χ0) is 15.1. The Balaban J connectivity index is 2.38. The molecule has 7 heteroatoms. The van der Waals surface area contributed by atoms with E-state index >= 15 is 0 Å². The molecule has 20 heavy (non-hydrogen) atoms. The van der Waals surface area contributed by atoms with Gasteiger partial charge in [-0.2, -0.15) is 0 Å². The van der Waals surface area contributed by atoms with Crippen LogP contribution in [0, 0.1) is 11.7 Å². The van der Waals surface area contributed by atoms with Gasteiger partial charge in [-0.25, -0.2) is 12.8 Å². The summed E-state index contributed by atoms with van der Waals surface area (Å²) in [6.45, 7) is 4.53. The third-order valence-corrected chi connectivity index (χ3v) is 4.78. The summed E-state index contributed by atoms with van der Waals surface area (Å²) in [5.74, 6) is -0.795. The summed E-state index contributed by atoms with van der Waals surface area (Å²) in [7, 11) is 1.13. The lowest BCUT2D eigenvalue weighted by molar-refractivity contribution is 0.0743. The van der Waals surface area contributed by atoms with E-state index in [4.69, 9.17) is 10.7 Å². The molecule has 1 aromatic rings. The molecule has 0 N–H and O–H groups in total. The Labute approximate surface area is 121 Å². The number of benzene rings is 1. The third kappa shape index (κ3) is 3.12. The normalized spacial score (nSPS) is 23.1. The van der Waals surface area contributed by atoms with Crippen molar-refractivity contribution in [3.8, 4) is 0 Å². The fraction of sp³-hybridized carbons (Fsp3) is 0.462. The van der Waals surface area contributed by atoms with Crippen LogP contribution < -0.4 is 0 Å². The Kier molecular flexibility index (Phi) is 4.07. The quantitative estimate of drug-likeness (QED) is 0.787. The van der Waals surface area contributed by atoms with Gasteiger partial charge in [-0.15, -0.1) is 0 Å². The van der Waals surface area contributed by atoms with Crippen molar-refractivity contribution in [3.05, 3.63) is 29.6 Å². The molecule has 0 radical (unpaired) electrons. The van der Waals surface area contributed by atoms with E-state index in [0.29, 0.717) is 12.5 Å². The molecule has 1 fully saturated rings. The second-order valence-electron chi connectivity index (χ2n) is 5.26. The van der Waals surface area contributed by atoms with Gasteiger partial charge in [0.1, 0.15) is 5.82 Å². The number of carbonyl (C=O) groups is 1. The molecule has 2 atom stereocenters. The van der Waals surface area contributed by atoms with E-state index in [1.54, 1.807) is 4.90 Å². The monoisotopic (exact) mass is 319 g/mol. The average molecular weight is 320 g/mol. The largest absolute Gasteiger partial charge is 0.336 e. The first-order valence-electron chi connectivity index (χ1n) is 6.24. The average Bonchev–Trinajstić information content (AvgIpc) is 2.65. The van der Waals surface area contributed by atoms with E-state index in [9.17, 15) is 17.6 Å². The molecule has 1 aliphatic heterocycles. The van der Waals surface area contributed by atoms with E-state index in [-0.39, 0.29) is 17.5 Å². The zero-order valence-electron chi connectivity index (χ0n) is 11.1. The lowest BCUT2D eigenvalue weighted by atomic mass is 10.1. The number of likely N-dealkylation sites (tertiary alicyclic amines) is 1. The molecule has 1 amide bonds. The van der Waals surface area contributed by atoms with Crippen LogP contribution in [0.4, 0.5) is 4.39 Å². The number of amides is 1. The molecule has 0 saturated carbocycles. The number of hydrogen-bond acceptors (Lipinski definition) is 3. The summed E-state index contributed by atoms with van der Waals surface area (Å²) < 4.78 is 36.0. The molecule has 0 aliphatic carbocycles. The third-order valence-electron chi connectivity index (χ3n) is 3.44. The minimum Gasteiger partial charge on any atom is -0.336 e. The number of halogens is 2. The number of nitrogens with zero attached hydrogens (tertiary/aromatic N) is 1. The van der Waals surface area contributed by atoms with Crippen molar-refractivity contribution in [2.24, 2.45) is 5.92 Å². The van der Waals surface area contributed by atoms with Gasteiger partial charge in [0.2, 0.25) is 0 Å². The van der Waals surface area contributed by atoms with Crippen LogP contribution in [0.5, 0.6) is 0 Å². The van der Waals surface area contributed by atoms with Crippen LogP contribution in [0.2, 0.25) is 0 Å². The standard InChI is InChI=1S/C13H15ClFNO3S/c1-8-3-9(2)16(7-8)13(17)10-4-11(15)6-12(5-10)20(14,18)19/h4-6,8-9H,3,7H2,1-2H3. The number of rotatable bonds is 2. The first-order valence-corrected chi connectivity index (χ1v) is 8.55. The minimum absolute atomic E-state index is 0.00479. The molecule has 2 unspecified atom stereocenters. The second kappa shape index (κ2) is 5.33. The van der Waals surface area contributed by atoms with Crippen molar-refractivity contribution in [1.29, 1.82) is 0 Å². The van der Waals surface area contributed by atoms with Crippen LogP contribution in [-0.4, -0.2) is 31.8 Å². The SMILES string of the molecule is CC1CC(C)N(C(=O)c2cc(F)cc(S(=O)(=O)Cl)c2)C1. The fourth-order valence-corrected chi connectivity index (χ4v) is 3.36. The van der Waals surface area contributed by atoms with Crippen molar-refractivity contribution >= 4 is 25.6 Å². The summed E-state index contributed by atoms with van der Waals surface area (Å²) in [4.78, 5) is 13.6. The summed E-state index contributed by atoms with van der Waals surface area (Å²) >= 11 is 0. The molecular formula is C13H15ClFNO3S. The van der Waals surface area contributed by atoms with Crippen LogP contribution in [0.15, 0.2) is 23.1 Å². The molecule has 2 rings (SSSR count). The van der Waals surface area contributed by atoms with Gasteiger partial charge >= 0.3 is 0 Å². The molecule has 110 valence electrons. The van der Waals surface area contributed by atoms with Crippen LogP contribution in [0.3, 0.4) is 0 Å². The summed E-state index contributed by atoms with van der Waals surface area (Å²) in [6, 6.07) is 3.00. The van der Waals surface area contributed by atoms with E-state index in [1.807, 2.05) is 13.8 Å². The molecule has 4 nitrogen and oxygen atoms in total. The predicted octanol–water partition coefficient (Wildman–Crippen LogP) is 2.62. The molecule has 1 aliphatic rings. The maximum Gasteiger partial charge on any atom is 0.261 e. The predicted molar refractivity (Wildman–Crippen MR) is 73.7 cm³/mol. The Morgan fingerprint density at radius 1 is 1.35 bits per heavy atom. The van der Waals surface area contributed by atoms with Crippen LogP contribution in [-0.2, 0) is 9.05 Å². The molecule has 0 spiro atoms. The molecule has 0 aromatic heterocycles. The zero-order valence-corrected chi connectivity index (χ0v) is 12.7. The van der Waals surface area contributed by atoms with Gasteiger partial charge in [0.05, 0.1) is 4.90 Å². The molecular weight excluding hydrogens is 305 g/mol. The van der Waals surface area contributed by atoms with E-state index in [2.05, 4.69) is 0 Å². The highest BCUT2D eigenvalue weighted by atomic mass is 35.7. The van der Waals surface area contributed by atoms with Crippen molar-refractivity contribution in [3.63, 3.8) is 0 Å². The van der Waals surface area contributed by atoms with Gasteiger partial charge < -0.3 is 4.90 Å².